The van der Waals surface area contributed by atoms with E-state index in [1.54, 1.807) is 25.5 Å². The van der Waals surface area contributed by atoms with Gasteiger partial charge in [-0.2, -0.15) is 0 Å². The first-order chi connectivity index (χ1) is 14.6. The van der Waals surface area contributed by atoms with E-state index < -0.39 is 0 Å². The molecule has 1 N–H and O–H groups in total. The summed E-state index contributed by atoms with van der Waals surface area (Å²) in [5, 5.41) is 6.48. The Bertz CT molecular complexity index is 942. The van der Waals surface area contributed by atoms with Crippen molar-refractivity contribution in [2.45, 2.75) is 39.1 Å². The van der Waals surface area contributed by atoms with Crippen LogP contribution in [0.15, 0.2) is 53.1 Å². The highest BCUT2D eigenvalue weighted by Crippen LogP contribution is 2.20. The van der Waals surface area contributed by atoms with Crippen molar-refractivity contribution in [1.82, 2.24) is 24.8 Å². The Labute approximate surface area is 205 Å². The minimum Gasteiger partial charge on any atom is -0.375 e. The molecule has 0 aliphatic rings. The molecule has 7 nitrogen and oxygen atoms in total. The molecule has 168 valence electrons. The van der Waals surface area contributed by atoms with Gasteiger partial charge in [-0.1, -0.05) is 30.3 Å². The molecular formula is C22H31IN6OS. The lowest BCUT2D eigenvalue weighted by Gasteiger charge is -2.21. The molecule has 0 amide bonds. The van der Waals surface area contributed by atoms with Gasteiger partial charge in [-0.05, 0) is 18.9 Å². The Kier molecular flexibility index (Phi) is 10.4. The Morgan fingerprint density at radius 2 is 2.10 bits per heavy atom. The summed E-state index contributed by atoms with van der Waals surface area (Å²) in [4.78, 5) is 15.7. The van der Waals surface area contributed by atoms with Gasteiger partial charge in [-0.3, -0.25) is 4.99 Å². The van der Waals surface area contributed by atoms with Gasteiger partial charge in [0.2, 0.25) is 0 Å². The molecule has 31 heavy (non-hydrogen) atoms. The second-order valence-corrected chi connectivity index (χ2v) is 7.97. The summed E-state index contributed by atoms with van der Waals surface area (Å²) in [5.74, 6) is 1.80. The standard InChI is InChI=1S/C22H30N6OS.HI/c1-17(29-4)21-26-19(16-30-21)15-27(3)22(23-2)25-14-20-24-11-13-28(20)12-10-18-8-6-5-7-9-18;/h5-9,11,13,16-17H,10,12,14-15H2,1-4H3,(H,23,25);1H. The molecule has 1 atom stereocenters. The van der Waals surface area contributed by atoms with Gasteiger partial charge in [-0.15, -0.1) is 35.3 Å². The van der Waals surface area contributed by atoms with Crippen molar-refractivity contribution in [2.24, 2.45) is 4.99 Å². The quantitative estimate of drug-likeness (QED) is 0.245. The van der Waals surface area contributed by atoms with Gasteiger partial charge in [-0.25, -0.2) is 9.97 Å². The number of benzene rings is 1. The van der Waals surface area contributed by atoms with Crippen LogP contribution in [-0.4, -0.2) is 46.6 Å². The Morgan fingerprint density at radius 1 is 1.32 bits per heavy atom. The monoisotopic (exact) mass is 554 g/mol. The number of nitrogens with zero attached hydrogens (tertiary/aromatic N) is 5. The van der Waals surface area contributed by atoms with E-state index in [2.05, 4.69) is 59.4 Å². The number of nitrogens with one attached hydrogen (secondary N) is 1. The fourth-order valence-electron chi connectivity index (χ4n) is 3.15. The van der Waals surface area contributed by atoms with E-state index in [1.165, 1.54) is 5.56 Å². The fourth-order valence-corrected chi connectivity index (χ4v) is 3.99. The number of hydrogen-bond donors (Lipinski definition) is 1. The molecule has 2 aromatic heterocycles. The number of methoxy groups -OCH3 is 1. The lowest BCUT2D eigenvalue weighted by molar-refractivity contribution is 0.119. The van der Waals surface area contributed by atoms with E-state index in [9.17, 15) is 0 Å². The maximum absolute atomic E-state index is 5.35. The van der Waals surface area contributed by atoms with Crippen LogP contribution in [0.2, 0.25) is 0 Å². The smallest absolute Gasteiger partial charge is 0.194 e. The number of guanidine groups is 1. The molecule has 9 heteroatoms. The molecule has 0 spiro atoms. The highest BCUT2D eigenvalue weighted by atomic mass is 127. The van der Waals surface area contributed by atoms with E-state index in [1.807, 2.05) is 32.4 Å². The molecular weight excluding hydrogens is 523 g/mol. The first kappa shape index (κ1) is 25.3. The maximum atomic E-state index is 5.35. The molecule has 0 radical (unpaired) electrons. The molecule has 2 heterocycles. The fraction of sp³-hybridized carbons (Fsp3) is 0.409. The van der Waals surface area contributed by atoms with Crippen LogP contribution in [0.4, 0.5) is 0 Å². The zero-order chi connectivity index (χ0) is 21.3. The number of aryl methyl sites for hydroxylation is 2. The topological polar surface area (TPSA) is 67.6 Å². The Balaban J connectivity index is 0.00000341. The highest BCUT2D eigenvalue weighted by Gasteiger charge is 2.13. The third kappa shape index (κ3) is 7.29. The van der Waals surface area contributed by atoms with Crippen molar-refractivity contribution in [3.63, 3.8) is 0 Å². The average molecular weight is 555 g/mol. The van der Waals surface area contributed by atoms with Gasteiger partial charge in [0.15, 0.2) is 5.96 Å². The molecule has 1 aromatic carbocycles. The zero-order valence-corrected chi connectivity index (χ0v) is 21.6. The van der Waals surface area contributed by atoms with Gasteiger partial charge < -0.3 is 19.5 Å². The Hall–Kier alpha value is -1.98. The number of hydrogen-bond acceptors (Lipinski definition) is 5. The summed E-state index contributed by atoms with van der Waals surface area (Å²) in [6, 6.07) is 10.5. The summed E-state index contributed by atoms with van der Waals surface area (Å²) in [6.45, 7) is 4.19. The summed E-state index contributed by atoms with van der Waals surface area (Å²) < 4.78 is 7.54. The van der Waals surface area contributed by atoms with E-state index in [0.717, 1.165) is 35.5 Å². The summed E-state index contributed by atoms with van der Waals surface area (Å²) >= 11 is 1.62. The van der Waals surface area contributed by atoms with Gasteiger partial charge in [0.05, 0.1) is 18.8 Å². The molecule has 0 aliphatic heterocycles. The zero-order valence-electron chi connectivity index (χ0n) is 18.5. The highest BCUT2D eigenvalue weighted by molar-refractivity contribution is 14.0. The average Bonchev–Trinajstić information content (AvgIpc) is 3.42. The van der Waals surface area contributed by atoms with E-state index in [0.29, 0.717) is 13.1 Å². The molecule has 0 bridgehead atoms. The lowest BCUT2D eigenvalue weighted by Crippen LogP contribution is -2.38. The normalized spacial score (nSPS) is 12.3. The molecule has 3 aromatic rings. The number of ether oxygens (including phenoxy) is 1. The predicted molar refractivity (Wildman–Crippen MR) is 137 cm³/mol. The molecule has 0 aliphatic carbocycles. The van der Waals surface area contributed by atoms with Crippen LogP contribution in [0.3, 0.4) is 0 Å². The molecule has 3 rings (SSSR count). The van der Waals surface area contributed by atoms with Crippen molar-refractivity contribution in [2.75, 3.05) is 21.2 Å². The lowest BCUT2D eigenvalue weighted by atomic mass is 10.1. The number of rotatable bonds is 9. The molecule has 0 fully saturated rings. The van der Waals surface area contributed by atoms with Crippen molar-refractivity contribution in [1.29, 1.82) is 0 Å². The van der Waals surface area contributed by atoms with Crippen molar-refractivity contribution in [3.8, 4) is 0 Å². The van der Waals surface area contributed by atoms with E-state index >= 15 is 0 Å². The third-order valence-electron chi connectivity index (χ3n) is 4.93. The first-order valence-electron chi connectivity index (χ1n) is 10.0. The molecule has 0 saturated heterocycles. The first-order valence-corrected chi connectivity index (χ1v) is 10.9. The SMILES string of the molecule is CN=C(NCc1nccn1CCc1ccccc1)N(C)Cc1csc(C(C)OC)n1.I. The summed E-state index contributed by atoms with van der Waals surface area (Å²) in [5.41, 5.74) is 2.33. The maximum Gasteiger partial charge on any atom is 0.194 e. The number of aromatic nitrogens is 3. The van der Waals surface area contributed by atoms with E-state index in [4.69, 9.17) is 4.74 Å². The van der Waals surface area contributed by atoms with Crippen LogP contribution in [0.5, 0.6) is 0 Å². The van der Waals surface area contributed by atoms with Crippen molar-refractivity contribution >= 4 is 41.3 Å². The number of thiazole rings is 1. The van der Waals surface area contributed by atoms with Crippen LogP contribution in [0, 0.1) is 0 Å². The number of aliphatic imine (C=N–C) groups is 1. The van der Waals surface area contributed by atoms with Crippen molar-refractivity contribution in [3.05, 3.63) is 70.2 Å². The van der Waals surface area contributed by atoms with Gasteiger partial charge in [0, 0.05) is 45.5 Å². The molecule has 1 unspecified atom stereocenters. The van der Waals surface area contributed by atoms with Gasteiger partial charge >= 0.3 is 0 Å². The van der Waals surface area contributed by atoms with Gasteiger partial charge in [0.1, 0.15) is 16.9 Å². The number of halogens is 1. The van der Waals surface area contributed by atoms with Crippen molar-refractivity contribution < 1.29 is 4.74 Å². The van der Waals surface area contributed by atoms with Crippen LogP contribution in [0.25, 0.3) is 0 Å². The second-order valence-electron chi connectivity index (χ2n) is 7.08. The van der Waals surface area contributed by atoms with Crippen LogP contribution >= 0.6 is 35.3 Å². The largest absolute Gasteiger partial charge is 0.375 e. The number of imidazole rings is 1. The third-order valence-corrected chi connectivity index (χ3v) is 5.99. The van der Waals surface area contributed by atoms with Crippen LogP contribution < -0.4 is 5.32 Å². The van der Waals surface area contributed by atoms with Crippen LogP contribution in [-0.2, 0) is 30.8 Å². The predicted octanol–water partition coefficient (Wildman–Crippen LogP) is 4.12. The van der Waals surface area contributed by atoms with E-state index in [-0.39, 0.29) is 30.1 Å². The summed E-state index contributed by atoms with van der Waals surface area (Å²) in [6.07, 6.45) is 4.87. The minimum absolute atomic E-state index is 0. The minimum atomic E-state index is 0. The molecule has 0 saturated carbocycles. The second kappa shape index (κ2) is 12.8. The van der Waals surface area contributed by atoms with Crippen LogP contribution in [0.1, 0.15) is 35.1 Å². The Morgan fingerprint density at radius 3 is 2.81 bits per heavy atom. The summed E-state index contributed by atoms with van der Waals surface area (Å²) in [7, 11) is 5.50. The van der Waals surface area contributed by atoms with Gasteiger partial charge in [0.25, 0.3) is 0 Å².